The Bertz CT molecular complexity index is 533. The molecule has 0 radical (unpaired) electrons. The number of nitrogens with zero attached hydrogens (tertiary/aromatic N) is 1. The molecule has 3 rings (SSSR count). The van der Waals surface area contributed by atoms with E-state index in [1.54, 1.807) is 0 Å². The number of rotatable bonds is 5. The van der Waals surface area contributed by atoms with Gasteiger partial charge in [0.25, 0.3) is 0 Å². The van der Waals surface area contributed by atoms with E-state index in [1.165, 1.54) is 16.8 Å². The van der Waals surface area contributed by atoms with Crippen LogP contribution in [0.4, 0.5) is 5.69 Å². The van der Waals surface area contributed by atoms with E-state index in [2.05, 4.69) is 58.7 Å². The van der Waals surface area contributed by atoms with Gasteiger partial charge in [-0.25, -0.2) is 0 Å². The minimum absolute atomic E-state index is 0.867. The van der Waals surface area contributed by atoms with Crippen LogP contribution in [0.15, 0.2) is 54.6 Å². The average molecular weight is 282 g/mol. The van der Waals surface area contributed by atoms with Gasteiger partial charge in [0.15, 0.2) is 0 Å². The highest BCUT2D eigenvalue weighted by Crippen LogP contribution is 2.20. The van der Waals surface area contributed by atoms with Crippen LogP contribution in [0.3, 0.4) is 0 Å². The summed E-state index contributed by atoms with van der Waals surface area (Å²) in [5.41, 5.74) is 3.70. The summed E-state index contributed by atoms with van der Waals surface area (Å²) in [5, 5.41) is 3.49. The molecule has 0 bridgehead atoms. The highest BCUT2D eigenvalue weighted by molar-refractivity contribution is 5.65. The molecule has 3 heteroatoms. The maximum Gasteiger partial charge on any atom is 0.0594 e. The molecule has 1 fully saturated rings. The van der Waals surface area contributed by atoms with Gasteiger partial charge < -0.3 is 10.1 Å². The van der Waals surface area contributed by atoms with Gasteiger partial charge in [0.1, 0.15) is 0 Å². The Kier molecular flexibility index (Phi) is 4.87. The largest absolute Gasteiger partial charge is 0.384 e. The molecule has 1 aliphatic rings. The summed E-state index contributed by atoms with van der Waals surface area (Å²) in [4.78, 5) is 2.44. The average Bonchev–Trinajstić information content (AvgIpc) is 2.57. The van der Waals surface area contributed by atoms with Crippen LogP contribution in [0.1, 0.15) is 0 Å². The zero-order valence-corrected chi connectivity index (χ0v) is 12.3. The third-order valence-electron chi connectivity index (χ3n) is 3.85. The molecule has 0 atom stereocenters. The van der Waals surface area contributed by atoms with Crippen LogP contribution in [0.5, 0.6) is 0 Å². The standard InChI is InChI=1S/C18H22N2O/c1-2-4-16(5-3-1)17-6-8-18(9-7-17)19-10-11-20-12-14-21-15-13-20/h1-9,19H,10-15H2. The monoisotopic (exact) mass is 282 g/mol. The van der Waals surface area contributed by atoms with Crippen molar-refractivity contribution in [3.05, 3.63) is 54.6 Å². The van der Waals surface area contributed by atoms with Crippen molar-refractivity contribution in [1.82, 2.24) is 4.90 Å². The van der Waals surface area contributed by atoms with Crippen molar-refractivity contribution in [3.63, 3.8) is 0 Å². The maximum atomic E-state index is 5.36. The van der Waals surface area contributed by atoms with Gasteiger partial charge in [-0.1, -0.05) is 42.5 Å². The number of hydrogen-bond acceptors (Lipinski definition) is 3. The smallest absolute Gasteiger partial charge is 0.0594 e. The van der Waals surface area contributed by atoms with Crippen LogP contribution < -0.4 is 5.32 Å². The second-order valence-corrected chi connectivity index (χ2v) is 5.32. The first-order chi connectivity index (χ1) is 10.4. The molecule has 21 heavy (non-hydrogen) atoms. The Balaban J connectivity index is 1.50. The fraction of sp³-hybridized carbons (Fsp3) is 0.333. The van der Waals surface area contributed by atoms with Gasteiger partial charge in [0, 0.05) is 31.9 Å². The molecular formula is C18H22N2O. The maximum absolute atomic E-state index is 5.36. The summed E-state index contributed by atoms with van der Waals surface area (Å²) < 4.78 is 5.36. The van der Waals surface area contributed by atoms with Crippen LogP contribution >= 0.6 is 0 Å². The molecule has 0 aliphatic carbocycles. The number of ether oxygens (including phenoxy) is 1. The molecule has 1 aliphatic heterocycles. The minimum Gasteiger partial charge on any atom is -0.384 e. The van der Waals surface area contributed by atoms with E-state index in [9.17, 15) is 0 Å². The van der Waals surface area contributed by atoms with Gasteiger partial charge in [0.2, 0.25) is 0 Å². The van der Waals surface area contributed by atoms with E-state index in [-0.39, 0.29) is 0 Å². The van der Waals surface area contributed by atoms with Crippen molar-refractivity contribution >= 4 is 5.69 Å². The van der Waals surface area contributed by atoms with Gasteiger partial charge >= 0.3 is 0 Å². The Morgan fingerprint density at radius 3 is 2.24 bits per heavy atom. The van der Waals surface area contributed by atoms with E-state index in [1.807, 2.05) is 6.07 Å². The van der Waals surface area contributed by atoms with Crippen molar-refractivity contribution in [1.29, 1.82) is 0 Å². The third kappa shape index (κ3) is 4.06. The van der Waals surface area contributed by atoms with Crippen LogP contribution in [0.2, 0.25) is 0 Å². The molecule has 110 valence electrons. The van der Waals surface area contributed by atoms with Gasteiger partial charge in [-0.15, -0.1) is 0 Å². The summed E-state index contributed by atoms with van der Waals surface area (Å²) in [7, 11) is 0. The van der Waals surface area contributed by atoms with Gasteiger partial charge in [-0.05, 0) is 23.3 Å². The fourth-order valence-electron chi connectivity index (χ4n) is 2.59. The first-order valence-corrected chi connectivity index (χ1v) is 7.61. The normalized spacial score (nSPS) is 15.8. The van der Waals surface area contributed by atoms with Gasteiger partial charge in [-0.3, -0.25) is 4.90 Å². The molecular weight excluding hydrogens is 260 g/mol. The van der Waals surface area contributed by atoms with E-state index < -0.39 is 0 Å². The van der Waals surface area contributed by atoms with Crippen molar-refractivity contribution in [2.45, 2.75) is 0 Å². The van der Waals surface area contributed by atoms with Gasteiger partial charge in [-0.2, -0.15) is 0 Å². The van der Waals surface area contributed by atoms with Crippen LogP contribution in [-0.4, -0.2) is 44.3 Å². The zero-order chi connectivity index (χ0) is 14.3. The third-order valence-corrected chi connectivity index (χ3v) is 3.85. The summed E-state index contributed by atoms with van der Waals surface area (Å²) >= 11 is 0. The van der Waals surface area contributed by atoms with Crippen molar-refractivity contribution in [2.24, 2.45) is 0 Å². The molecule has 1 N–H and O–H groups in total. The lowest BCUT2D eigenvalue weighted by Gasteiger charge is -2.26. The van der Waals surface area contributed by atoms with E-state index in [4.69, 9.17) is 4.74 Å². The molecule has 0 aromatic heterocycles. The quantitative estimate of drug-likeness (QED) is 0.912. The Morgan fingerprint density at radius 2 is 1.52 bits per heavy atom. The van der Waals surface area contributed by atoms with Crippen LogP contribution in [0.25, 0.3) is 11.1 Å². The van der Waals surface area contributed by atoms with Crippen molar-refractivity contribution < 1.29 is 4.74 Å². The summed E-state index contributed by atoms with van der Waals surface area (Å²) in [6.07, 6.45) is 0. The second-order valence-electron chi connectivity index (χ2n) is 5.32. The first kappa shape index (κ1) is 14.1. The lowest BCUT2D eigenvalue weighted by atomic mass is 10.1. The lowest BCUT2D eigenvalue weighted by molar-refractivity contribution is 0.0398. The van der Waals surface area contributed by atoms with Crippen molar-refractivity contribution in [3.8, 4) is 11.1 Å². The molecule has 0 unspecified atom stereocenters. The molecule has 0 spiro atoms. The number of morpholine rings is 1. The summed E-state index contributed by atoms with van der Waals surface area (Å²) in [6, 6.07) is 19.1. The molecule has 0 saturated carbocycles. The van der Waals surface area contributed by atoms with Crippen molar-refractivity contribution in [2.75, 3.05) is 44.7 Å². The fourth-order valence-corrected chi connectivity index (χ4v) is 2.59. The Morgan fingerprint density at radius 1 is 0.857 bits per heavy atom. The number of benzene rings is 2. The highest BCUT2D eigenvalue weighted by atomic mass is 16.5. The lowest BCUT2D eigenvalue weighted by Crippen LogP contribution is -2.38. The molecule has 1 saturated heterocycles. The molecule has 3 nitrogen and oxygen atoms in total. The van der Waals surface area contributed by atoms with E-state index in [0.29, 0.717) is 0 Å². The van der Waals surface area contributed by atoms with E-state index >= 15 is 0 Å². The molecule has 0 amide bonds. The minimum atomic E-state index is 0.867. The molecule has 2 aromatic rings. The van der Waals surface area contributed by atoms with Crippen LogP contribution in [0, 0.1) is 0 Å². The topological polar surface area (TPSA) is 24.5 Å². The Labute approximate surface area is 126 Å². The predicted octanol–water partition coefficient (Wildman–Crippen LogP) is 3.10. The summed E-state index contributed by atoms with van der Waals surface area (Å²) in [5.74, 6) is 0. The first-order valence-electron chi connectivity index (χ1n) is 7.61. The number of nitrogens with one attached hydrogen (secondary N) is 1. The van der Waals surface area contributed by atoms with E-state index in [0.717, 1.165) is 39.4 Å². The van der Waals surface area contributed by atoms with Gasteiger partial charge in [0.05, 0.1) is 13.2 Å². The summed E-state index contributed by atoms with van der Waals surface area (Å²) in [6.45, 7) is 5.88. The highest BCUT2D eigenvalue weighted by Gasteiger charge is 2.08. The SMILES string of the molecule is c1ccc(-c2ccc(NCCN3CCOCC3)cc2)cc1. The number of anilines is 1. The molecule has 1 heterocycles. The second kappa shape index (κ2) is 7.25. The Hall–Kier alpha value is -1.84. The number of hydrogen-bond donors (Lipinski definition) is 1. The van der Waals surface area contributed by atoms with Crippen LogP contribution in [-0.2, 0) is 4.74 Å². The zero-order valence-electron chi connectivity index (χ0n) is 12.3. The molecule has 2 aromatic carbocycles. The predicted molar refractivity (Wildman–Crippen MR) is 87.6 cm³/mol.